The van der Waals surface area contributed by atoms with Crippen molar-refractivity contribution in [2.45, 2.75) is 90.7 Å². The smallest absolute Gasteiger partial charge is 0.417 e. The summed E-state index contributed by atoms with van der Waals surface area (Å²) in [5.74, 6) is -0.0702. The highest BCUT2D eigenvalue weighted by atomic mass is 28.3. The van der Waals surface area contributed by atoms with Crippen LogP contribution in [0.1, 0.15) is 53.4 Å². The Balaban J connectivity index is 2.75. The summed E-state index contributed by atoms with van der Waals surface area (Å²) >= 11 is 0. The fraction of sp³-hybridized carbons (Fsp3) is 0.882. The van der Waals surface area contributed by atoms with Gasteiger partial charge in [-0.3, -0.25) is 4.79 Å². The molecule has 2 amide bonds. The van der Waals surface area contributed by atoms with E-state index in [1.807, 2.05) is 27.7 Å². The number of amides is 2. The molecule has 4 nitrogen and oxygen atoms in total. The van der Waals surface area contributed by atoms with E-state index in [0.29, 0.717) is 0 Å². The van der Waals surface area contributed by atoms with E-state index in [1.165, 1.54) is 10.9 Å². The molecule has 0 bridgehead atoms. The first-order chi connectivity index (χ1) is 9.94. The quantitative estimate of drug-likeness (QED) is 0.690. The molecule has 1 aliphatic heterocycles. The van der Waals surface area contributed by atoms with E-state index < -0.39 is 19.8 Å². The minimum Gasteiger partial charge on any atom is -0.443 e. The first-order valence-corrected chi connectivity index (χ1v) is 12.2. The molecule has 0 aromatic heterocycles. The molecular formula is C17H33NO3Si. The predicted octanol–water partition coefficient (Wildman–Crippen LogP) is 4.67. The van der Waals surface area contributed by atoms with Crippen LogP contribution in [0.2, 0.25) is 25.7 Å². The molecule has 0 unspecified atom stereocenters. The van der Waals surface area contributed by atoms with Gasteiger partial charge in [-0.1, -0.05) is 39.0 Å². The number of ether oxygens (including phenoxy) is 1. The standard InChI is InChI=1S/C17H33NO3Si/c1-8-13-12-14(10-9-11-22(5,6)7)18(15(13)19)16(20)21-17(2,3)4/h13-14H,8-12H2,1-7H3/t13-,14+/m1/s1. The maximum atomic E-state index is 12.5. The normalized spacial score (nSPS) is 23.0. The first kappa shape index (κ1) is 19.2. The molecule has 0 saturated carbocycles. The van der Waals surface area contributed by atoms with Crippen LogP contribution in [0.3, 0.4) is 0 Å². The van der Waals surface area contributed by atoms with Gasteiger partial charge in [-0.25, -0.2) is 9.69 Å². The van der Waals surface area contributed by atoms with Gasteiger partial charge in [0, 0.05) is 20.0 Å². The molecule has 0 spiro atoms. The van der Waals surface area contributed by atoms with Crippen LogP contribution in [0.25, 0.3) is 0 Å². The van der Waals surface area contributed by atoms with Crippen molar-refractivity contribution in [3.63, 3.8) is 0 Å². The highest BCUT2D eigenvalue weighted by Crippen LogP contribution is 2.32. The van der Waals surface area contributed by atoms with E-state index in [2.05, 4.69) is 19.6 Å². The van der Waals surface area contributed by atoms with Crippen LogP contribution in [0.15, 0.2) is 0 Å². The zero-order valence-electron chi connectivity index (χ0n) is 15.4. The van der Waals surface area contributed by atoms with Crippen LogP contribution in [-0.4, -0.2) is 36.6 Å². The summed E-state index contributed by atoms with van der Waals surface area (Å²) in [6, 6.07) is 1.25. The van der Waals surface area contributed by atoms with Gasteiger partial charge in [0.1, 0.15) is 5.60 Å². The molecule has 128 valence electrons. The third kappa shape index (κ3) is 5.74. The molecule has 0 N–H and O–H groups in total. The summed E-state index contributed by atoms with van der Waals surface area (Å²) in [4.78, 5) is 26.3. The van der Waals surface area contributed by atoms with Crippen molar-refractivity contribution in [3.8, 4) is 0 Å². The average Bonchev–Trinajstić information content (AvgIpc) is 2.61. The molecule has 0 aromatic rings. The zero-order chi connectivity index (χ0) is 17.1. The van der Waals surface area contributed by atoms with Gasteiger partial charge < -0.3 is 4.74 Å². The molecule has 1 heterocycles. The minimum absolute atomic E-state index is 0.0173. The summed E-state index contributed by atoms with van der Waals surface area (Å²) in [6.07, 6.45) is 3.12. The van der Waals surface area contributed by atoms with Gasteiger partial charge in [-0.15, -0.1) is 0 Å². The summed E-state index contributed by atoms with van der Waals surface area (Å²) in [5.41, 5.74) is -0.565. The van der Waals surface area contributed by atoms with Gasteiger partial charge in [0.15, 0.2) is 0 Å². The molecule has 1 saturated heterocycles. The van der Waals surface area contributed by atoms with E-state index >= 15 is 0 Å². The van der Waals surface area contributed by atoms with Crippen molar-refractivity contribution in [3.05, 3.63) is 0 Å². The van der Waals surface area contributed by atoms with Crippen molar-refractivity contribution in [2.24, 2.45) is 5.92 Å². The maximum absolute atomic E-state index is 12.5. The SMILES string of the molecule is CC[C@@H]1C[C@H](CCC[Si](C)(C)C)N(C(=O)OC(C)(C)C)C1=O. The second-order valence-corrected chi connectivity index (χ2v) is 14.3. The monoisotopic (exact) mass is 327 g/mol. The van der Waals surface area contributed by atoms with Crippen molar-refractivity contribution in [1.82, 2.24) is 4.90 Å². The predicted molar refractivity (Wildman–Crippen MR) is 92.7 cm³/mol. The molecule has 2 atom stereocenters. The highest BCUT2D eigenvalue weighted by Gasteiger charge is 2.43. The van der Waals surface area contributed by atoms with E-state index in [-0.39, 0.29) is 17.9 Å². The number of nitrogens with zero attached hydrogens (tertiary/aromatic N) is 1. The fourth-order valence-electron chi connectivity index (χ4n) is 2.92. The Hall–Kier alpha value is -0.843. The molecule has 22 heavy (non-hydrogen) atoms. The van der Waals surface area contributed by atoms with E-state index in [1.54, 1.807) is 0 Å². The van der Waals surface area contributed by atoms with Gasteiger partial charge in [0.2, 0.25) is 5.91 Å². The summed E-state index contributed by atoms with van der Waals surface area (Å²) < 4.78 is 5.44. The van der Waals surface area contributed by atoms with Gasteiger partial charge in [0.25, 0.3) is 0 Å². The molecule has 1 rings (SSSR count). The first-order valence-electron chi connectivity index (χ1n) is 8.50. The Bertz CT molecular complexity index is 409. The topological polar surface area (TPSA) is 46.6 Å². The van der Waals surface area contributed by atoms with Gasteiger partial charge in [-0.2, -0.15) is 0 Å². The number of carbonyl (C=O) groups is 2. The van der Waals surface area contributed by atoms with Gasteiger partial charge in [0.05, 0.1) is 0 Å². The third-order valence-electron chi connectivity index (χ3n) is 4.06. The largest absolute Gasteiger partial charge is 0.443 e. The minimum atomic E-state index is -1.08. The number of hydrogen-bond acceptors (Lipinski definition) is 3. The van der Waals surface area contributed by atoms with Crippen LogP contribution in [0.4, 0.5) is 4.79 Å². The lowest BCUT2D eigenvalue weighted by Gasteiger charge is -2.27. The Labute approximate surface area is 136 Å². The average molecular weight is 328 g/mol. The maximum Gasteiger partial charge on any atom is 0.417 e. The molecule has 1 fully saturated rings. The molecule has 0 aliphatic carbocycles. The number of rotatable bonds is 5. The number of imide groups is 1. The van der Waals surface area contributed by atoms with Crippen LogP contribution in [-0.2, 0) is 9.53 Å². The van der Waals surface area contributed by atoms with Crippen LogP contribution in [0, 0.1) is 5.92 Å². The summed E-state index contributed by atoms with van der Waals surface area (Å²) in [6.45, 7) is 14.6. The number of likely N-dealkylation sites (tertiary alicyclic amines) is 1. The molecule has 0 radical (unpaired) electrons. The molecule has 0 aromatic carbocycles. The van der Waals surface area contributed by atoms with E-state index in [4.69, 9.17) is 4.74 Å². The van der Waals surface area contributed by atoms with E-state index in [9.17, 15) is 9.59 Å². The van der Waals surface area contributed by atoms with E-state index in [0.717, 1.165) is 25.7 Å². The Morgan fingerprint density at radius 3 is 2.36 bits per heavy atom. The van der Waals surface area contributed by atoms with Gasteiger partial charge >= 0.3 is 6.09 Å². The Kier molecular flexibility index (Phi) is 6.24. The van der Waals surface area contributed by atoms with Crippen LogP contribution >= 0.6 is 0 Å². The Morgan fingerprint density at radius 2 is 1.91 bits per heavy atom. The van der Waals surface area contributed by atoms with Crippen molar-refractivity contribution >= 4 is 20.1 Å². The van der Waals surface area contributed by atoms with Crippen LogP contribution < -0.4 is 0 Å². The fourth-order valence-corrected chi connectivity index (χ4v) is 4.18. The lowest BCUT2D eigenvalue weighted by molar-refractivity contribution is -0.131. The highest BCUT2D eigenvalue weighted by molar-refractivity contribution is 6.76. The lowest BCUT2D eigenvalue weighted by atomic mass is 10.0. The molecule has 5 heteroatoms. The second-order valence-electron chi connectivity index (χ2n) is 8.64. The second kappa shape index (κ2) is 7.15. The summed E-state index contributed by atoms with van der Waals surface area (Å²) in [7, 11) is -1.08. The lowest BCUT2D eigenvalue weighted by Crippen LogP contribution is -2.42. The van der Waals surface area contributed by atoms with Gasteiger partial charge in [-0.05, 0) is 40.0 Å². The van der Waals surface area contributed by atoms with Crippen LogP contribution in [0.5, 0.6) is 0 Å². The van der Waals surface area contributed by atoms with Crippen molar-refractivity contribution < 1.29 is 14.3 Å². The van der Waals surface area contributed by atoms with Crippen molar-refractivity contribution in [2.75, 3.05) is 0 Å². The molecular weight excluding hydrogens is 294 g/mol. The zero-order valence-corrected chi connectivity index (χ0v) is 16.4. The molecule has 1 aliphatic rings. The Morgan fingerprint density at radius 1 is 1.32 bits per heavy atom. The van der Waals surface area contributed by atoms with Crippen molar-refractivity contribution in [1.29, 1.82) is 0 Å². The third-order valence-corrected chi connectivity index (χ3v) is 5.91. The summed E-state index contributed by atoms with van der Waals surface area (Å²) in [5, 5.41) is 0. The number of hydrogen-bond donors (Lipinski definition) is 0. The number of carbonyl (C=O) groups excluding carboxylic acids is 2.